The van der Waals surface area contributed by atoms with Crippen LogP contribution in [0.15, 0.2) is 12.3 Å². The van der Waals surface area contributed by atoms with Crippen molar-refractivity contribution in [1.29, 1.82) is 0 Å². The van der Waals surface area contributed by atoms with E-state index in [1.807, 2.05) is 17.9 Å². The Morgan fingerprint density at radius 1 is 1.69 bits per heavy atom. The van der Waals surface area contributed by atoms with Gasteiger partial charge in [0.1, 0.15) is 0 Å². The van der Waals surface area contributed by atoms with Gasteiger partial charge in [0.15, 0.2) is 0 Å². The maximum Gasteiger partial charge on any atom is 0.0594 e. The molecule has 0 spiro atoms. The fraction of sp³-hybridized carbons (Fsp3) is 0.750. The monoisotopic (exact) mass is 223 g/mol. The first kappa shape index (κ1) is 11.6. The molecule has 0 radical (unpaired) electrons. The zero-order chi connectivity index (χ0) is 11.4. The Balaban J connectivity index is 2.01. The molecule has 0 bridgehead atoms. The van der Waals surface area contributed by atoms with E-state index in [1.54, 1.807) is 0 Å². The van der Waals surface area contributed by atoms with E-state index >= 15 is 0 Å². The molecule has 2 atom stereocenters. The van der Waals surface area contributed by atoms with Gasteiger partial charge in [-0.15, -0.1) is 0 Å². The molecule has 2 rings (SSSR count). The first-order chi connectivity index (χ1) is 7.81. The summed E-state index contributed by atoms with van der Waals surface area (Å²) in [6, 6.07) is 2.45. The SMILES string of the molecule is CCNC(CC1CCCO1)c1ccnn1C. The van der Waals surface area contributed by atoms with E-state index in [9.17, 15) is 0 Å². The van der Waals surface area contributed by atoms with E-state index in [-0.39, 0.29) is 0 Å². The number of hydrogen-bond donors (Lipinski definition) is 1. The summed E-state index contributed by atoms with van der Waals surface area (Å²) in [5.74, 6) is 0. The zero-order valence-electron chi connectivity index (χ0n) is 10.1. The van der Waals surface area contributed by atoms with Gasteiger partial charge in [0, 0.05) is 19.9 Å². The minimum absolute atomic E-state index is 0.362. The van der Waals surface area contributed by atoms with Gasteiger partial charge in [0.2, 0.25) is 0 Å². The van der Waals surface area contributed by atoms with Crippen molar-refractivity contribution in [2.75, 3.05) is 13.2 Å². The number of aromatic nitrogens is 2. The summed E-state index contributed by atoms with van der Waals surface area (Å²) in [4.78, 5) is 0. The molecule has 4 heteroatoms. The second kappa shape index (κ2) is 5.46. The van der Waals surface area contributed by atoms with Gasteiger partial charge in [-0.3, -0.25) is 4.68 Å². The smallest absolute Gasteiger partial charge is 0.0594 e. The van der Waals surface area contributed by atoms with E-state index in [4.69, 9.17) is 4.74 Å². The Kier molecular flexibility index (Phi) is 3.96. The summed E-state index contributed by atoms with van der Waals surface area (Å²) in [6.07, 6.45) is 5.72. The lowest BCUT2D eigenvalue weighted by atomic mass is 10.0. The first-order valence-corrected chi connectivity index (χ1v) is 6.14. The van der Waals surface area contributed by atoms with Crippen LogP contribution < -0.4 is 5.32 Å². The van der Waals surface area contributed by atoms with Crippen LogP contribution in [-0.2, 0) is 11.8 Å². The molecular weight excluding hydrogens is 202 g/mol. The number of nitrogens with zero attached hydrogens (tertiary/aromatic N) is 2. The highest BCUT2D eigenvalue weighted by Gasteiger charge is 2.22. The van der Waals surface area contributed by atoms with Crippen LogP contribution in [0.5, 0.6) is 0 Å². The quantitative estimate of drug-likeness (QED) is 0.825. The molecule has 90 valence electrons. The van der Waals surface area contributed by atoms with Gasteiger partial charge in [-0.05, 0) is 31.9 Å². The fourth-order valence-corrected chi connectivity index (χ4v) is 2.37. The van der Waals surface area contributed by atoms with Gasteiger partial charge in [0.25, 0.3) is 0 Å². The van der Waals surface area contributed by atoms with Gasteiger partial charge >= 0.3 is 0 Å². The van der Waals surface area contributed by atoms with Crippen LogP contribution in [0, 0.1) is 0 Å². The minimum atomic E-state index is 0.362. The molecule has 2 heterocycles. The Bertz CT molecular complexity index is 318. The normalized spacial score (nSPS) is 22.5. The average molecular weight is 223 g/mol. The van der Waals surface area contributed by atoms with Crippen molar-refractivity contribution in [2.24, 2.45) is 7.05 Å². The summed E-state index contributed by atoms with van der Waals surface area (Å²) in [5.41, 5.74) is 1.25. The second-order valence-corrected chi connectivity index (χ2v) is 4.36. The number of rotatable bonds is 5. The van der Waals surface area contributed by atoms with Crippen LogP contribution in [0.4, 0.5) is 0 Å². The molecule has 16 heavy (non-hydrogen) atoms. The highest BCUT2D eigenvalue weighted by atomic mass is 16.5. The Morgan fingerprint density at radius 3 is 3.12 bits per heavy atom. The molecule has 0 aromatic carbocycles. The topological polar surface area (TPSA) is 39.1 Å². The van der Waals surface area contributed by atoms with Crippen molar-refractivity contribution in [3.8, 4) is 0 Å². The summed E-state index contributed by atoms with van der Waals surface area (Å²) >= 11 is 0. The second-order valence-electron chi connectivity index (χ2n) is 4.36. The highest BCUT2D eigenvalue weighted by Crippen LogP contribution is 2.24. The largest absolute Gasteiger partial charge is 0.378 e. The molecule has 1 aromatic heterocycles. The van der Waals surface area contributed by atoms with Gasteiger partial charge < -0.3 is 10.1 Å². The lowest BCUT2D eigenvalue weighted by Crippen LogP contribution is -2.27. The van der Waals surface area contributed by atoms with E-state index < -0.39 is 0 Å². The molecule has 0 amide bonds. The predicted octanol–water partition coefficient (Wildman–Crippen LogP) is 1.64. The maximum atomic E-state index is 5.70. The first-order valence-electron chi connectivity index (χ1n) is 6.14. The third-order valence-corrected chi connectivity index (χ3v) is 3.19. The third-order valence-electron chi connectivity index (χ3n) is 3.19. The van der Waals surface area contributed by atoms with E-state index in [0.29, 0.717) is 12.1 Å². The fourth-order valence-electron chi connectivity index (χ4n) is 2.37. The number of hydrogen-bond acceptors (Lipinski definition) is 3. The van der Waals surface area contributed by atoms with E-state index in [2.05, 4.69) is 23.4 Å². The van der Waals surface area contributed by atoms with Crippen LogP contribution >= 0.6 is 0 Å². The highest BCUT2D eigenvalue weighted by molar-refractivity contribution is 5.07. The molecule has 1 aliphatic rings. The molecular formula is C12H21N3O. The van der Waals surface area contributed by atoms with Crippen molar-refractivity contribution < 1.29 is 4.74 Å². The van der Waals surface area contributed by atoms with Crippen LogP contribution in [0.25, 0.3) is 0 Å². The van der Waals surface area contributed by atoms with Crippen molar-refractivity contribution in [1.82, 2.24) is 15.1 Å². The van der Waals surface area contributed by atoms with Crippen LogP contribution in [0.2, 0.25) is 0 Å². The van der Waals surface area contributed by atoms with Crippen LogP contribution in [-0.4, -0.2) is 29.0 Å². The molecule has 0 saturated carbocycles. The predicted molar refractivity (Wildman–Crippen MR) is 63.2 cm³/mol. The molecule has 1 aromatic rings. The third kappa shape index (κ3) is 2.62. The Morgan fingerprint density at radius 2 is 2.56 bits per heavy atom. The maximum absolute atomic E-state index is 5.70. The summed E-state index contributed by atoms with van der Waals surface area (Å²) < 4.78 is 7.64. The molecule has 0 aliphatic carbocycles. The molecule has 1 N–H and O–H groups in total. The van der Waals surface area contributed by atoms with E-state index in [1.165, 1.54) is 18.5 Å². The molecule has 1 fully saturated rings. The Labute approximate surface area is 97.0 Å². The van der Waals surface area contributed by atoms with Gasteiger partial charge in [-0.2, -0.15) is 5.10 Å². The number of aryl methyl sites for hydroxylation is 1. The van der Waals surface area contributed by atoms with E-state index in [0.717, 1.165) is 19.6 Å². The molecule has 4 nitrogen and oxygen atoms in total. The lowest BCUT2D eigenvalue weighted by Gasteiger charge is -2.21. The standard InChI is InChI=1S/C12H21N3O/c1-3-13-11(9-10-5-4-8-16-10)12-6-7-14-15(12)2/h6-7,10-11,13H,3-5,8-9H2,1-2H3. The van der Waals surface area contributed by atoms with Crippen molar-refractivity contribution >= 4 is 0 Å². The minimum Gasteiger partial charge on any atom is -0.378 e. The van der Waals surface area contributed by atoms with Crippen molar-refractivity contribution in [3.63, 3.8) is 0 Å². The van der Waals surface area contributed by atoms with Gasteiger partial charge in [-0.1, -0.05) is 6.92 Å². The van der Waals surface area contributed by atoms with Gasteiger partial charge in [-0.25, -0.2) is 0 Å². The lowest BCUT2D eigenvalue weighted by molar-refractivity contribution is 0.0939. The summed E-state index contributed by atoms with van der Waals surface area (Å²) in [7, 11) is 2.00. The van der Waals surface area contributed by atoms with Crippen molar-refractivity contribution in [3.05, 3.63) is 18.0 Å². The molecule has 2 unspecified atom stereocenters. The number of ether oxygens (including phenoxy) is 1. The van der Waals surface area contributed by atoms with Crippen molar-refractivity contribution in [2.45, 2.75) is 38.3 Å². The average Bonchev–Trinajstić information content (AvgIpc) is 2.88. The van der Waals surface area contributed by atoms with Gasteiger partial charge in [0.05, 0.1) is 17.8 Å². The molecule has 1 aliphatic heterocycles. The zero-order valence-corrected chi connectivity index (χ0v) is 10.1. The number of nitrogens with one attached hydrogen (secondary N) is 1. The summed E-state index contributed by atoms with van der Waals surface area (Å²) in [5, 5.41) is 7.74. The molecule has 1 saturated heterocycles. The van der Waals surface area contributed by atoms with Crippen LogP contribution in [0.1, 0.15) is 37.9 Å². The van der Waals surface area contributed by atoms with Crippen LogP contribution in [0.3, 0.4) is 0 Å². The summed E-state index contributed by atoms with van der Waals surface area (Å²) in [6.45, 7) is 4.04. The Hall–Kier alpha value is -0.870.